The predicted octanol–water partition coefficient (Wildman–Crippen LogP) is 4.33. The number of carbonyl (C=O) groups is 1. The van der Waals surface area contributed by atoms with Crippen molar-refractivity contribution in [2.45, 2.75) is 51.5 Å². The first-order valence-corrected chi connectivity index (χ1v) is 8.53. The summed E-state index contributed by atoms with van der Waals surface area (Å²) in [6, 6.07) is 9.79. The number of nitrogens with one attached hydrogen (secondary N) is 1. The van der Waals surface area contributed by atoms with Crippen LogP contribution in [0.1, 0.15) is 66.8 Å². The Hall–Kier alpha value is -2.23. The van der Waals surface area contributed by atoms with Gasteiger partial charge in [0, 0.05) is 11.3 Å². The first-order chi connectivity index (χ1) is 11.4. The lowest BCUT2D eigenvalue weighted by atomic mass is 9.98. The van der Waals surface area contributed by atoms with Crippen LogP contribution in [-0.2, 0) is 12.0 Å². The van der Waals surface area contributed by atoms with Gasteiger partial charge < -0.3 is 5.32 Å². The number of benzene rings is 1. The van der Waals surface area contributed by atoms with Crippen molar-refractivity contribution in [2.24, 2.45) is 0 Å². The average Bonchev–Trinajstić information content (AvgIpc) is 3.35. The third kappa shape index (κ3) is 3.18. The van der Waals surface area contributed by atoms with E-state index in [9.17, 15) is 9.18 Å². The third-order valence-electron chi connectivity index (χ3n) is 4.67. The summed E-state index contributed by atoms with van der Waals surface area (Å²) in [4.78, 5) is 17.3. The smallest absolute Gasteiger partial charge is 0.252 e. The van der Waals surface area contributed by atoms with E-state index in [0.29, 0.717) is 11.5 Å². The topological polar surface area (TPSA) is 42.0 Å². The molecule has 4 heteroatoms. The number of rotatable bonds is 5. The van der Waals surface area contributed by atoms with Crippen LogP contribution in [0.4, 0.5) is 4.39 Å². The summed E-state index contributed by atoms with van der Waals surface area (Å²) in [5.41, 5.74) is 3.40. The summed E-state index contributed by atoms with van der Waals surface area (Å²) in [5, 5.41) is 3.10. The molecule has 1 amide bonds. The van der Waals surface area contributed by atoms with Crippen LogP contribution in [-0.4, -0.2) is 10.9 Å². The second kappa shape index (κ2) is 6.34. The van der Waals surface area contributed by atoms with Crippen molar-refractivity contribution in [3.63, 3.8) is 0 Å². The first-order valence-electron chi connectivity index (χ1n) is 8.53. The zero-order chi connectivity index (χ0) is 17.3. The maximum atomic E-state index is 13.0. The van der Waals surface area contributed by atoms with E-state index in [1.54, 1.807) is 0 Å². The van der Waals surface area contributed by atoms with Gasteiger partial charge in [-0.1, -0.05) is 26.8 Å². The van der Waals surface area contributed by atoms with Gasteiger partial charge in [0.25, 0.3) is 5.91 Å². The van der Waals surface area contributed by atoms with E-state index in [2.05, 4.69) is 32.2 Å². The molecule has 0 unspecified atom stereocenters. The van der Waals surface area contributed by atoms with Crippen molar-refractivity contribution >= 4 is 5.91 Å². The molecule has 1 aliphatic carbocycles. The molecule has 1 N–H and O–H groups in total. The molecule has 1 heterocycles. The fourth-order valence-electron chi connectivity index (χ4n) is 3.05. The minimum absolute atomic E-state index is 0.180. The molecule has 126 valence electrons. The Kier molecular flexibility index (Phi) is 4.39. The highest BCUT2D eigenvalue weighted by atomic mass is 19.1. The third-order valence-corrected chi connectivity index (χ3v) is 4.67. The molecule has 24 heavy (non-hydrogen) atoms. The minimum atomic E-state index is -0.370. The summed E-state index contributed by atoms with van der Waals surface area (Å²) >= 11 is 0. The Bertz CT molecular complexity index is 749. The minimum Gasteiger partial charge on any atom is -0.341 e. The van der Waals surface area contributed by atoms with Crippen molar-refractivity contribution in [2.75, 3.05) is 0 Å². The first kappa shape index (κ1) is 16.6. The molecule has 1 aromatic heterocycles. The van der Waals surface area contributed by atoms with E-state index in [1.807, 2.05) is 6.07 Å². The van der Waals surface area contributed by atoms with Gasteiger partial charge in [0.1, 0.15) is 5.82 Å². The SMILES string of the molecule is CCc1nc(C2(NC(=O)c3ccc(F)cc3)CC2)ccc1C(C)C. The summed E-state index contributed by atoms with van der Waals surface area (Å²) in [6.07, 6.45) is 2.65. The van der Waals surface area contributed by atoms with Crippen molar-refractivity contribution in [1.29, 1.82) is 0 Å². The van der Waals surface area contributed by atoms with Crippen LogP contribution >= 0.6 is 0 Å². The maximum absolute atomic E-state index is 13.0. The summed E-state index contributed by atoms with van der Waals surface area (Å²) < 4.78 is 13.0. The van der Waals surface area contributed by atoms with Crippen molar-refractivity contribution in [3.05, 3.63) is 64.7 Å². The van der Waals surface area contributed by atoms with Gasteiger partial charge in [-0.15, -0.1) is 0 Å². The van der Waals surface area contributed by atoms with E-state index >= 15 is 0 Å². The molecule has 1 saturated carbocycles. The van der Waals surface area contributed by atoms with Gasteiger partial charge >= 0.3 is 0 Å². The Morgan fingerprint density at radius 3 is 2.42 bits per heavy atom. The van der Waals surface area contributed by atoms with Gasteiger partial charge in [-0.25, -0.2) is 4.39 Å². The molecule has 3 rings (SSSR count). The highest BCUT2D eigenvalue weighted by molar-refractivity contribution is 5.95. The molecule has 0 saturated heterocycles. The predicted molar refractivity (Wildman–Crippen MR) is 92.5 cm³/mol. The number of carbonyl (C=O) groups excluding carboxylic acids is 1. The van der Waals surface area contributed by atoms with Gasteiger partial charge in [0.2, 0.25) is 0 Å². The van der Waals surface area contributed by atoms with Gasteiger partial charge in [-0.05, 0) is 61.1 Å². The van der Waals surface area contributed by atoms with Crippen molar-refractivity contribution < 1.29 is 9.18 Å². The number of aromatic nitrogens is 1. The number of aryl methyl sites for hydroxylation is 1. The molecular weight excluding hydrogens is 303 g/mol. The summed E-state index contributed by atoms with van der Waals surface area (Å²) in [6.45, 7) is 6.44. The quantitative estimate of drug-likeness (QED) is 0.889. The fourth-order valence-corrected chi connectivity index (χ4v) is 3.05. The monoisotopic (exact) mass is 326 g/mol. The van der Waals surface area contributed by atoms with Crippen LogP contribution < -0.4 is 5.32 Å². The van der Waals surface area contributed by atoms with E-state index in [0.717, 1.165) is 30.7 Å². The Morgan fingerprint density at radius 2 is 1.88 bits per heavy atom. The number of amides is 1. The van der Waals surface area contributed by atoms with E-state index in [4.69, 9.17) is 4.98 Å². The molecule has 3 nitrogen and oxygen atoms in total. The average molecular weight is 326 g/mol. The van der Waals surface area contributed by atoms with E-state index in [-0.39, 0.29) is 17.3 Å². The van der Waals surface area contributed by atoms with Crippen molar-refractivity contribution in [3.8, 4) is 0 Å². The Morgan fingerprint density at radius 1 is 1.21 bits per heavy atom. The van der Waals surface area contributed by atoms with Crippen LogP contribution in [0.15, 0.2) is 36.4 Å². The number of halogens is 1. The van der Waals surface area contributed by atoms with E-state index < -0.39 is 0 Å². The Balaban J connectivity index is 1.83. The number of hydrogen-bond acceptors (Lipinski definition) is 2. The lowest BCUT2D eigenvalue weighted by Gasteiger charge is -2.20. The standard InChI is InChI=1S/C20H23FN2O/c1-4-17-16(13(2)3)9-10-18(22-17)20(11-12-20)23-19(24)14-5-7-15(21)8-6-14/h5-10,13H,4,11-12H2,1-3H3,(H,23,24). The summed E-state index contributed by atoms with van der Waals surface area (Å²) in [5.74, 6) is -0.0862. The largest absolute Gasteiger partial charge is 0.341 e. The lowest BCUT2D eigenvalue weighted by molar-refractivity contribution is 0.0929. The molecular formula is C20H23FN2O. The molecule has 1 aromatic carbocycles. The zero-order valence-electron chi connectivity index (χ0n) is 14.4. The second-order valence-corrected chi connectivity index (χ2v) is 6.78. The highest BCUT2D eigenvalue weighted by Crippen LogP contribution is 2.45. The van der Waals surface area contributed by atoms with Gasteiger partial charge in [0.05, 0.1) is 11.2 Å². The maximum Gasteiger partial charge on any atom is 0.252 e. The molecule has 1 fully saturated rings. The molecule has 2 aromatic rings. The molecule has 1 aliphatic rings. The number of pyridine rings is 1. The lowest BCUT2D eigenvalue weighted by Crippen LogP contribution is -2.35. The van der Waals surface area contributed by atoms with Gasteiger partial charge in [-0.2, -0.15) is 0 Å². The number of hydrogen-bond donors (Lipinski definition) is 1. The normalized spacial score (nSPS) is 15.4. The van der Waals surface area contributed by atoms with Crippen molar-refractivity contribution in [1.82, 2.24) is 10.3 Å². The molecule has 0 bridgehead atoms. The Labute approximate surface area is 142 Å². The molecule has 0 atom stereocenters. The van der Waals surface area contributed by atoms with Crippen LogP contribution in [0, 0.1) is 5.82 Å². The van der Waals surface area contributed by atoms with Crippen LogP contribution in [0.25, 0.3) is 0 Å². The van der Waals surface area contributed by atoms with Gasteiger partial charge in [0.15, 0.2) is 0 Å². The molecule has 0 spiro atoms. The van der Waals surface area contributed by atoms with E-state index in [1.165, 1.54) is 29.8 Å². The highest BCUT2D eigenvalue weighted by Gasteiger charge is 2.47. The van der Waals surface area contributed by atoms with Crippen LogP contribution in [0.3, 0.4) is 0 Å². The second-order valence-electron chi connectivity index (χ2n) is 6.78. The van der Waals surface area contributed by atoms with Crippen LogP contribution in [0.2, 0.25) is 0 Å². The van der Waals surface area contributed by atoms with Crippen LogP contribution in [0.5, 0.6) is 0 Å². The molecule has 0 radical (unpaired) electrons. The zero-order valence-corrected chi connectivity index (χ0v) is 14.4. The fraction of sp³-hybridized carbons (Fsp3) is 0.400. The molecule has 0 aliphatic heterocycles. The van der Waals surface area contributed by atoms with Gasteiger partial charge in [-0.3, -0.25) is 9.78 Å². The number of nitrogens with zero attached hydrogens (tertiary/aromatic N) is 1. The summed E-state index contributed by atoms with van der Waals surface area (Å²) in [7, 11) is 0.